The van der Waals surface area contributed by atoms with Gasteiger partial charge in [-0.1, -0.05) is 18.2 Å². The number of esters is 1. The first-order valence-electron chi connectivity index (χ1n) is 8.60. The Balaban J connectivity index is 1.86. The number of para-hydroxylation sites is 1. The Morgan fingerprint density at radius 3 is 2.50 bits per heavy atom. The number of H-pyrrole nitrogens is 1. The minimum Gasteiger partial charge on any atom is -0.467 e. The molecule has 0 bridgehead atoms. The molecule has 1 aromatic carbocycles. The molecular weight excluding hydrogens is 364 g/mol. The largest absolute Gasteiger partial charge is 0.467 e. The zero-order chi connectivity index (χ0) is 20.4. The summed E-state index contributed by atoms with van der Waals surface area (Å²) in [7, 11) is 3.83. The first kappa shape index (κ1) is 19.3. The quantitative estimate of drug-likeness (QED) is 0.469. The number of amides is 4. The lowest BCUT2D eigenvalue weighted by molar-refractivity contribution is -0.145. The van der Waals surface area contributed by atoms with Gasteiger partial charge in [0.25, 0.3) is 0 Å². The van der Waals surface area contributed by atoms with Crippen LogP contribution in [0.2, 0.25) is 0 Å². The number of hydrogen-bond donors (Lipinski definition) is 1. The first-order chi connectivity index (χ1) is 13.3. The lowest BCUT2D eigenvalue weighted by Gasteiger charge is -2.31. The number of ether oxygens (including phenoxy) is 1. The highest BCUT2D eigenvalue weighted by atomic mass is 16.5. The molecule has 1 saturated heterocycles. The summed E-state index contributed by atoms with van der Waals surface area (Å²) >= 11 is 0. The predicted molar refractivity (Wildman–Crippen MR) is 101 cm³/mol. The average molecular weight is 384 g/mol. The molecule has 0 aliphatic carbocycles. The summed E-state index contributed by atoms with van der Waals surface area (Å²) in [5.74, 6) is -3.22. The van der Waals surface area contributed by atoms with Crippen LogP contribution < -0.4 is 0 Å². The number of hydrogen-bond acceptors (Lipinski definition) is 6. The van der Waals surface area contributed by atoms with Crippen molar-refractivity contribution in [2.75, 3.05) is 21.2 Å². The van der Waals surface area contributed by atoms with Crippen molar-refractivity contribution in [2.24, 2.45) is 10.9 Å². The fourth-order valence-corrected chi connectivity index (χ4v) is 3.10. The van der Waals surface area contributed by atoms with Crippen LogP contribution in [0.4, 0.5) is 4.79 Å². The molecule has 0 radical (unpaired) electrons. The smallest absolute Gasteiger partial charge is 0.332 e. The number of methoxy groups -OCH3 is 1. The number of aliphatic imine (C=N–C) groups is 1. The lowest BCUT2D eigenvalue weighted by Crippen LogP contribution is -2.57. The summed E-state index contributed by atoms with van der Waals surface area (Å²) in [4.78, 5) is 57.6. The highest BCUT2D eigenvalue weighted by Crippen LogP contribution is 2.21. The number of carbonyl (C=O) groups excluding carboxylic acids is 4. The molecule has 4 amide bonds. The van der Waals surface area contributed by atoms with Crippen molar-refractivity contribution in [1.82, 2.24) is 14.8 Å². The third-order valence-corrected chi connectivity index (χ3v) is 4.74. The molecule has 1 atom stereocenters. The van der Waals surface area contributed by atoms with Crippen LogP contribution in [0.1, 0.15) is 5.56 Å². The fraction of sp³-hybridized carbons (Fsp3) is 0.316. The normalized spacial score (nSPS) is 17.0. The van der Waals surface area contributed by atoms with Crippen LogP contribution in [0.3, 0.4) is 0 Å². The van der Waals surface area contributed by atoms with Gasteiger partial charge in [-0.05, 0) is 11.6 Å². The zero-order valence-corrected chi connectivity index (χ0v) is 15.7. The van der Waals surface area contributed by atoms with E-state index < -0.39 is 35.8 Å². The van der Waals surface area contributed by atoms with E-state index in [4.69, 9.17) is 4.74 Å². The maximum absolute atomic E-state index is 12.3. The molecule has 1 aliphatic heterocycles. The number of imide groups is 2. The van der Waals surface area contributed by atoms with E-state index in [0.29, 0.717) is 0 Å². The minimum atomic E-state index is -1.26. The fourth-order valence-electron chi connectivity index (χ4n) is 3.10. The van der Waals surface area contributed by atoms with Gasteiger partial charge in [-0.15, -0.1) is 0 Å². The molecule has 28 heavy (non-hydrogen) atoms. The first-order valence-corrected chi connectivity index (χ1v) is 8.60. The van der Waals surface area contributed by atoms with Crippen LogP contribution >= 0.6 is 0 Å². The third-order valence-electron chi connectivity index (χ3n) is 4.74. The number of benzene rings is 1. The van der Waals surface area contributed by atoms with E-state index in [1.807, 2.05) is 24.3 Å². The predicted octanol–water partition coefficient (Wildman–Crippen LogP) is 0.989. The van der Waals surface area contributed by atoms with Crippen molar-refractivity contribution in [3.05, 3.63) is 36.0 Å². The van der Waals surface area contributed by atoms with E-state index in [1.165, 1.54) is 21.2 Å². The topological polar surface area (TPSA) is 112 Å². The summed E-state index contributed by atoms with van der Waals surface area (Å²) in [6.45, 7) is 0. The molecule has 9 heteroatoms. The van der Waals surface area contributed by atoms with Crippen molar-refractivity contribution < 1.29 is 23.9 Å². The Morgan fingerprint density at radius 1 is 1.21 bits per heavy atom. The van der Waals surface area contributed by atoms with E-state index in [0.717, 1.165) is 32.5 Å². The molecule has 2 heterocycles. The van der Waals surface area contributed by atoms with Gasteiger partial charge in [-0.2, -0.15) is 0 Å². The van der Waals surface area contributed by atoms with E-state index in [-0.39, 0.29) is 6.42 Å². The third kappa shape index (κ3) is 3.38. The number of nitrogens with one attached hydrogen (secondary N) is 1. The van der Waals surface area contributed by atoms with Crippen LogP contribution in [0.25, 0.3) is 10.9 Å². The second-order valence-corrected chi connectivity index (χ2v) is 6.46. The minimum absolute atomic E-state index is 0.229. The standard InChI is InChI=1S/C19H20N4O5/c1-22-16(24)13(17(25)23(2)19(22)27)10-21-15(18(26)28-3)8-11-9-20-14-7-5-4-6-12(11)14/h4-7,9-10,13,15,20H,8H2,1-3H3/t15-/m1/s1. The summed E-state index contributed by atoms with van der Waals surface area (Å²) in [5, 5.41) is 0.946. The van der Waals surface area contributed by atoms with Gasteiger partial charge in [0.1, 0.15) is 0 Å². The number of urea groups is 1. The molecular formula is C19H20N4O5. The van der Waals surface area contributed by atoms with Crippen LogP contribution in [-0.2, 0) is 25.5 Å². The highest BCUT2D eigenvalue weighted by molar-refractivity contribution is 6.23. The lowest BCUT2D eigenvalue weighted by atomic mass is 10.0. The van der Waals surface area contributed by atoms with Crippen LogP contribution in [0.15, 0.2) is 35.5 Å². The Labute approximate surface area is 161 Å². The second-order valence-electron chi connectivity index (χ2n) is 6.46. The van der Waals surface area contributed by atoms with Crippen LogP contribution in [0, 0.1) is 5.92 Å². The molecule has 1 aromatic heterocycles. The van der Waals surface area contributed by atoms with Crippen LogP contribution in [-0.4, -0.2) is 72.1 Å². The maximum atomic E-state index is 12.3. The van der Waals surface area contributed by atoms with Crippen molar-refractivity contribution >= 4 is 40.9 Å². The van der Waals surface area contributed by atoms with Gasteiger partial charge in [0.15, 0.2) is 12.0 Å². The van der Waals surface area contributed by atoms with Gasteiger partial charge >= 0.3 is 12.0 Å². The molecule has 0 spiro atoms. The van der Waals surface area contributed by atoms with Gasteiger partial charge in [-0.25, -0.2) is 9.59 Å². The number of fused-ring (bicyclic) bond motifs is 1. The summed E-state index contributed by atoms with van der Waals surface area (Å²) < 4.78 is 4.82. The molecule has 0 saturated carbocycles. The Bertz CT molecular complexity index is 956. The number of nitrogens with zero attached hydrogens (tertiary/aromatic N) is 3. The van der Waals surface area contributed by atoms with Crippen molar-refractivity contribution in [2.45, 2.75) is 12.5 Å². The van der Waals surface area contributed by atoms with Crippen molar-refractivity contribution in [1.29, 1.82) is 0 Å². The Hall–Kier alpha value is -3.49. The molecule has 146 valence electrons. The second kappa shape index (κ2) is 7.63. The summed E-state index contributed by atoms with van der Waals surface area (Å²) in [6.07, 6.45) is 3.14. The highest BCUT2D eigenvalue weighted by Gasteiger charge is 2.41. The Kier molecular flexibility index (Phi) is 5.25. The molecule has 2 aromatic rings. The number of aromatic nitrogens is 1. The number of rotatable bonds is 5. The summed E-state index contributed by atoms with van der Waals surface area (Å²) in [6, 6.07) is 5.98. The summed E-state index contributed by atoms with van der Waals surface area (Å²) in [5.41, 5.74) is 1.78. The molecule has 0 unspecified atom stereocenters. The Morgan fingerprint density at radius 2 is 1.86 bits per heavy atom. The number of aromatic amines is 1. The average Bonchev–Trinajstić information content (AvgIpc) is 3.12. The van der Waals surface area contributed by atoms with E-state index in [9.17, 15) is 19.2 Å². The van der Waals surface area contributed by atoms with E-state index in [1.54, 1.807) is 6.20 Å². The monoisotopic (exact) mass is 384 g/mol. The van der Waals surface area contributed by atoms with Crippen molar-refractivity contribution in [3.8, 4) is 0 Å². The molecule has 1 N–H and O–H groups in total. The number of barbiturate groups is 1. The van der Waals surface area contributed by atoms with Crippen LogP contribution in [0.5, 0.6) is 0 Å². The van der Waals surface area contributed by atoms with E-state index >= 15 is 0 Å². The van der Waals surface area contributed by atoms with Crippen molar-refractivity contribution in [3.63, 3.8) is 0 Å². The maximum Gasteiger partial charge on any atom is 0.332 e. The van der Waals surface area contributed by atoms with Gasteiger partial charge in [0.2, 0.25) is 11.8 Å². The van der Waals surface area contributed by atoms with Gasteiger partial charge in [0.05, 0.1) is 7.11 Å². The van der Waals surface area contributed by atoms with E-state index in [2.05, 4.69) is 9.98 Å². The molecule has 3 rings (SSSR count). The molecule has 1 aliphatic rings. The van der Waals surface area contributed by atoms with Gasteiger partial charge in [-0.3, -0.25) is 24.4 Å². The SMILES string of the molecule is COC(=O)[C@@H](Cc1c[nH]c2ccccc12)N=CC1C(=O)N(C)C(=O)N(C)C1=O. The molecule has 9 nitrogen and oxygen atoms in total. The zero-order valence-electron chi connectivity index (χ0n) is 15.7. The van der Waals surface area contributed by atoms with Gasteiger partial charge in [0, 0.05) is 43.8 Å². The number of carbonyl (C=O) groups is 4. The van der Waals surface area contributed by atoms with Gasteiger partial charge < -0.3 is 9.72 Å². The molecule has 1 fully saturated rings.